The molecular weight excluding hydrogens is 188 g/mol. The van der Waals surface area contributed by atoms with Gasteiger partial charge in [-0.15, -0.1) is 0 Å². The Bertz CT molecular complexity index is 452. The maximum atomic E-state index is 11.5. The second-order valence-corrected chi connectivity index (χ2v) is 3.85. The number of carbonyl (C=O) groups excluding carboxylic acids is 1. The molecule has 0 atom stereocenters. The molecule has 1 heterocycles. The molecule has 1 aromatic heterocycles. The van der Waals surface area contributed by atoms with Crippen molar-refractivity contribution in [3.63, 3.8) is 0 Å². The minimum atomic E-state index is 0.113. The Morgan fingerprint density at radius 3 is 2.73 bits per heavy atom. The second kappa shape index (κ2) is 3.77. The van der Waals surface area contributed by atoms with Gasteiger partial charge < -0.3 is 9.88 Å². The zero-order chi connectivity index (χ0) is 10.8. The fraction of sp³-hybridized carbons (Fsp3) is 0.250. The van der Waals surface area contributed by atoms with Crippen molar-refractivity contribution in [1.29, 1.82) is 0 Å². The van der Waals surface area contributed by atoms with Gasteiger partial charge in [0.05, 0.1) is 6.42 Å². The summed E-state index contributed by atoms with van der Waals surface area (Å²) in [4.78, 5) is 16.3. The molecule has 15 heavy (non-hydrogen) atoms. The molecule has 0 aliphatic carbocycles. The van der Waals surface area contributed by atoms with E-state index in [0.29, 0.717) is 6.42 Å². The van der Waals surface area contributed by atoms with Gasteiger partial charge in [0.1, 0.15) is 0 Å². The van der Waals surface area contributed by atoms with Crippen LogP contribution in [0.5, 0.6) is 0 Å². The minimum absolute atomic E-state index is 0.113. The number of nitrogens with zero attached hydrogens (tertiary/aromatic N) is 1. The van der Waals surface area contributed by atoms with Crippen molar-refractivity contribution in [2.45, 2.75) is 6.42 Å². The standard InChI is InChI=1S/C12H14N2O/c1-14(2)12(15)8-10-7-9-5-3-4-6-11(9)13-10/h3-7,13H,8H2,1-2H3. The van der Waals surface area contributed by atoms with E-state index in [4.69, 9.17) is 0 Å². The zero-order valence-electron chi connectivity index (χ0n) is 8.95. The molecule has 0 spiro atoms. The number of aromatic nitrogens is 1. The van der Waals surface area contributed by atoms with Crippen LogP contribution in [0.2, 0.25) is 0 Å². The van der Waals surface area contributed by atoms with Crippen LogP contribution in [0.25, 0.3) is 10.9 Å². The minimum Gasteiger partial charge on any atom is -0.358 e. The van der Waals surface area contributed by atoms with Gasteiger partial charge in [-0.05, 0) is 17.5 Å². The second-order valence-electron chi connectivity index (χ2n) is 3.85. The molecule has 0 aliphatic heterocycles. The number of hydrogen-bond acceptors (Lipinski definition) is 1. The van der Waals surface area contributed by atoms with Gasteiger partial charge in [0.25, 0.3) is 0 Å². The van der Waals surface area contributed by atoms with Gasteiger partial charge in [-0.1, -0.05) is 18.2 Å². The van der Waals surface area contributed by atoms with Gasteiger partial charge in [-0.3, -0.25) is 4.79 Å². The quantitative estimate of drug-likeness (QED) is 0.792. The van der Waals surface area contributed by atoms with Crippen LogP contribution in [-0.2, 0) is 11.2 Å². The molecule has 1 amide bonds. The van der Waals surface area contributed by atoms with Gasteiger partial charge >= 0.3 is 0 Å². The lowest BCUT2D eigenvalue weighted by Gasteiger charge is -2.08. The van der Waals surface area contributed by atoms with Crippen LogP contribution >= 0.6 is 0 Å². The number of aromatic amines is 1. The number of hydrogen-bond donors (Lipinski definition) is 1. The SMILES string of the molecule is CN(C)C(=O)Cc1cc2ccccc2[nH]1. The predicted octanol–water partition coefficient (Wildman–Crippen LogP) is 1.80. The first-order valence-corrected chi connectivity index (χ1v) is 4.93. The number of para-hydroxylation sites is 1. The van der Waals surface area contributed by atoms with E-state index in [1.54, 1.807) is 19.0 Å². The van der Waals surface area contributed by atoms with Crippen LogP contribution in [0.15, 0.2) is 30.3 Å². The maximum absolute atomic E-state index is 11.5. The molecular formula is C12H14N2O. The third-order valence-corrected chi connectivity index (χ3v) is 2.43. The highest BCUT2D eigenvalue weighted by molar-refractivity contribution is 5.83. The molecule has 2 aromatic rings. The molecule has 0 fully saturated rings. The Kier molecular flexibility index (Phi) is 2.46. The van der Waals surface area contributed by atoms with Gasteiger partial charge in [0.2, 0.25) is 5.91 Å². The molecule has 1 N–H and O–H groups in total. The zero-order valence-corrected chi connectivity index (χ0v) is 8.95. The average Bonchev–Trinajstić information content (AvgIpc) is 2.59. The monoisotopic (exact) mass is 202 g/mol. The van der Waals surface area contributed by atoms with E-state index in [2.05, 4.69) is 4.98 Å². The number of nitrogens with one attached hydrogen (secondary N) is 1. The lowest BCUT2D eigenvalue weighted by molar-refractivity contribution is -0.128. The Morgan fingerprint density at radius 1 is 1.33 bits per heavy atom. The summed E-state index contributed by atoms with van der Waals surface area (Å²) in [6.07, 6.45) is 0.432. The number of benzene rings is 1. The van der Waals surface area contributed by atoms with Gasteiger partial charge in [0.15, 0.2) is 0 Å². The molecule has 78 valence electrons. The first-order chi connectivity index (χ1) is 7.16. The number of rotatable bonds is 2. The number of amides is 1. The van der Waals surface area contributed by atoms with Crippen LogP contribution in [-0.4, -0.2) is 29.9 Å². The van der Waals surface area contributed by atoms with Crippen molar-refractivity contribution >= 4 is 16.8 Å². The molecule has 0 bridgehead atoms. The fourth-order valence-corrected chi connectivity index (χ4v) is 1.55. The molecule has 1 aromatic carbocycles. The molecule has 0 saturated heterocycles. The van der Waals surface area contributed by atoms with Crippen LogP contribution in [0.1, 0.15) is 5.69 Å². The van der Waals surface area contributed by atoms with E-state index in [9.17, 15) is 4.79 Å². The summed E-state index contributed by atoms with van der Waals surface area (Å²) in [7, 11) is 3.54. The van der Waals surface area contributed by atoms with Crippen LogP contribution < -0.4 is 0 Å². The highest BCUT2D eigenvalue weighted by Crippen LogP contribution is 2.15. The maximum Gasteiger partial charge on any atom is 0.227 e. The number of carbonyl (C=O) groups is 1. The van der Waals surface area contributed by atoms with Crippen LogP contribution in [0.4, 0.5) is 0 Å². The molecule has 0 saturated carbocycles. The summed E-state index contributed by atoms with van der Waals surface area (Å²) in [5.41, 5.74) is 2.05. The summed E-state index contributed by atoms with van der Waals surface area (Å²) in [6.45, 7) is 0. The van der Waals surface area contributed by atoms with Crippen molar-refractivity contribution in [3.05, 3.63) is 36.0 Å². The molecule has 3 heteroatoms. The number of likely N-dealkylation sites (N-methyl/N-ethyl adjacent to an activating group) is 1. The first-order valence-electron chi connectivity index (χ1n) is 4.93. The van der Waals surface area contributed by atoms with E-state index in [-0.39, 0.29) is 5.91 Å². The van der Waals surface area contributed by atoms with Gasteiger partial charge in [0, 0.05) is 25.3 Å². The smallest absolute Gasteiger partial charge is 0.227 e. The first kappa shape index (κ1) is 9.77. The number of fused-ring (bicyclic) bond motifs is 1. The normalized spacial score (nSPS) is 10.5. The van der Waals surface area contributed by atoms with E-state index in [1.165, 1.54) is 0 Å². The van der Waals surface area contributed by atoms with Crippen molar-refractivity contribution in [2.24, 2.45) is 0 Å². The third kappa shape index (κ3) is 2.01. The van der Waals surface area contributed by atoms with Gasteiger partial charge in [-0.2, -0.15) is 0 Å². The Hall–Kier alpha value is -1.77. The highest BCUT2D eigenvalue weighted by Gasteiger charge is 2.07. The van der Waals surface area contributed by atoms with Crippen LogP contribution in [0, 0.1) is 0 Å². The topological polar surface area (TPSA) is 36.1 Å². The average molecular weight is 202 g/mol. The lowest BCUT2D eigenvalue weighted by atomic mass is 10.2. The largest absolute Gasteiger partial charge is 0.358 e. The van der Waals surface area contributed by atoms with E-state index in [1.807, 2.05) is 30.3 Å². The van der Waals surface area contributed by atoms with Gasteiger partial charge in [-0.25, -0.2) is 0 Å². The summed E-state index contributed by atoms with van der Waals surface area (Å²) in [5, 5.41) is 1.15. The highest BCUT2D eigenvalue weighted by atomic mass is 16.2. The van der Waals surface area contributed by atoms with E-state index in [0.717, 1.165) is 16.6 Å². The molecule has 0 radical (unpaired) electrons. The molecule has 2 rings (SSSR count). The van der Waals surface area contributed by atoms with Crippen molar-refractivity contribution < 1.29 is 4.79 Å². The predicted molar refractivity (Wildman–Crippen MR) is 60.7 cm³/mol. The van der Waals surface area contributed by atoms with Crippen LogP contribution in [0.3, 0.4) is 0 Å². The van der Waals surface area contributed by atoms with E-state index < -0.39 is 0 Å². The summed E-state index contributed by atoms with van der Waals surface area (Å²) in [6, 6.07) is 10.1. The Morgan fingerprint density at radius 2 is 2.07 bits per heavy atom. The lowest BCUT2D eigenvalue weighted by Crippen LogP contribution is -2.23. The van der Waals surface area contributed by atoms with Crippen molar-refractivity contribution in [1.82, 2.24) is 9.88 Å². The van der Waals surface area contributed by atoms with Crippen molar-refractivity contribution in [3.8, 4) is 0 Å². The molecule has 0 aliphatic rings. The summed E-state index contributed by atoms with van der Waals surface area (Å²) < 4.78 is 0. The third-order valence-electron chi connectivity index (χ3n) is 2.43. The summed E-state index contributed by atoms with van der Waals surface area (Å²) >= 11 is 0. The Labute approximate surface area is 88.7 Å². The van der Waals surface area contributed by atoms with Crippen molar-refractivity contribution in [2.75, 3.05) is 14.1 Å². The summed E-state index contributed by atoms with van der Waals surface area (Å²) in [5.74, 6) is 0.113. The number of H-pyrrole nitrogens is 1. The van der Waals surface area contributed by atoms with E-state index >= 15 is 0 Å². The molecule has 0 unspecified atom stereocenters. The Balaban J connectivity index is 2.26. The fourth-order valence-electron chi connectivity index (χ4n) is 1.55. The molecule has 3 nitrogen and oxygen atoms in total.